The van der Waals surface area contributed by atoms with Crippen molar-refractivity contribution in [2.24, 2.45) is 0 Å². The van der Waals surface area contributed by atoms with E-state index in [1.165, 1.54) is 0 Å². The van der Waals surface area contributed by atoms with E-state index in [9.17, 15) is 8.42 Å². The molecule has 0 spiro atoms. The number of piperidine rings is 1. The Morgan fingerprint density at radius 2 is 2.17 bits per heavy atom. The molecule has 2 N–H and O–H groups in total. The Kier molecular flexibility index (Phi) is 5.94. The number of aryl methyl sites for hydroxylation is 1. The molecule has 0 aromatic carbocycles. The van der Waals surface area contributed by atoms with Crippen LogP contribution in [-0.4, -0.2) is 43.3 Å². The van der Waals surface area contributed by atoms with Gasteiger partial charge in [-0.05, 0) is 37.9 Å². The zero-order valence-electron chi connectivity index (χ0n) is 13.4. The van der Waals surface area contributed by atoms with Crippen molar-refractivity contribution in [1.82, 2.24) is 20.0 Å². The van der Waals surface area contributed by atoms with Crippen LogP contribution in [0.3, 0.4) is 0 Å². The highest BCUT2D eigenvalue weighted by molar-refractivity contribution is 7.90. The summed E-state index contributed by atoms with van der Waals surface area (Å²) in [5.41, 5.74) is 2.00. The molecular weight excluding hydrogens is 344 g/mol. The topological polar surface area (TPSA) is 84.0 Å². The fourth-order valence-electron chi connectivity index (χ4n) is 2.74. The van der Waals surface area contributed by atoms with Gasteiger partial charge in [-0.25, -0.2) is 18.1 Å². The molecule has 8 heteroatoms. The largest absolute Gasteiger partial charge is 0.315 e. The van der Waals surface area contributed by atoms with E-state index in [0.717, 1.165) is 48.5 Å². The van der Waals surface area contributed by atoms with Crippen LogP contribution in [0.25, 0.3) is 11.3 Å². The zero-order chi connectivity index (χ0) is 16.8. The van der Waals surface area contributed by atoms with Crippen LogP contribution in [0.5, 0.6) is 0 Å². The lowest BCUT2D eigenvalue weighted by atomic mass is 10.2. The molecule has 1 aliphatic rings. The monoisotopic (exact) mass is 366 g/mol. The number of hydrogen-bond donors (Lipinski definition) is 2. The van der Waals surface area contributed by atoms with Gasteiger partial charge in [0.15, 0.2) is 0 Å². The highest BCUT2D eigenvalue weighted by Gasteiger charge is 2.26. The van der Waals surface area contributed by atoms with E-state index in [4.69, 9.17) is 0 Å². The molecule has 3 rings (SSSR count). The molecule has 1 fully saturated rings. The van der Waals surface area contributed by atoms with Crippen LogP contribution >= 0.6 is 11.3 Å². The van der Waals surface area contributed by atoms with Crippen molar-refractivity contribution in [3.8, 4) is 11.3 Å². The van der Waals surface area contributed by atoms with Gasteiger partial charge in [0.25, 0.3) is 0 Å². The van der Waals surface area contributed by atoms with Crippen LogP contribution in [0.15, 0.2) is 29.9 Å². The maximum atomic E-state index is 12.2. The second kappa shape index (κ2) is 8.15. The standard InChI is InChI=1S/C16H22N4O2S2/c21-24(22,14-3-1-7-18-11-14)19-8-2-4-16-20-15(12-23-16)13-5-9-17-10-6-13/h5-6,9-10,12,14,18-19H,1-4,7-8,11H2. The minimum Gasteiger partial charge on any atom is -0.315 e. The molecule has 2 aromatic heterocycles. The third kappa shape index (κ3) is 4.60. The summed E-state index contributed by atoms with van der Waals surface area (Å²) in [6, 6.07) is 3.87. The number of thiazole rings is 1. The first-order valence-electron chi connectivity index (χ1n) is 8.19. The summed E-state index contributed by atoms with van der Waals surface area (Å²) in [4.78, 5) is 8.61. The second-order valence-corrected chi connectivity index (χ2v) is 8.86. The SMILES string of the molecule is O=S(=O)(NCCCc1nc(-c2ccncc2)cs1)C1CCCNC1. The average Bonchev–Trinajstić information content (AvgIpc) is 3.09. The highest BCUT2D eigenvalue weighted by Crippen LogP contribution is 2.21. The third-order valence-corrected chi connectivity index (χ3v) is 6.88. The van der Waals surface area contributed by atoms with Gasteiger partial charge >= 0.3 is 0 Å². The van der Waals surface area contributed by atoms with Gasteiger partial charge in [0, 0.05) is 42.8 Å². The van der Waals surface area contributed by atoms with Gasteiger partial charge in [-0.15, -0.1) is 11.3 Å². The molecule has 24 heavy (non-hydrogen) atoms. The van der Waals surface area contributed by atoms with E-state index < -0.39 is 10.0 Å². The number of aromatic nitrogens is 2. The highest BCUT2D eigenvalue weighted by atomic mass is 32.2. The zero-order valence-corrected chi connectivity index (χ0v) is 15.1. The predicted octanol–water partition coefficient (Wildman–Crippen LogP) is 1.81. The molecule has 0 bridgehead atoms. The Hall–Kier alpha value is -1.35. The summed E-state index contributed by atoms with van der Waals surface area (Å²) >= 11 is 1.61. The number of nitrogens with one attached hydrogen (secondary N) is 2. The van der Waals surface area contributed by atoms with Crippen molar-refractivity contribution in [1.29, 1.82) is 0 Å². The quantitative estimate of drug-likeness (QED) is 0.730. The van der Waals surface area contributed by atoms with Crippen LogP contribution in [0, 0.1) is 0 Å². The van der Waals surface area contributed by atoms with Gasteiger partial charge in [-0.3, -0.25) is 4.98 Å². The minimum atomic E-state index is -3.21. The summed E-state index contributed by atoms with van der Waals surface area (Å²) in [6.07, 6.45) is 6.70. The summed E-state index contributed by atoms with van der Waals surface area (Å²) in [6.45, 7) is 1.93. The molecule has 0 amide bonds. The number of pyridine rings is 1. The maximum Gasteiger partial charge on any atom is 0.215 e. The number of hydrogen-bond acceptors (Lipinski definition) is 6. The molecule has 3 heterocycles. The van der Waals surface area contributed by atoms with Gasteiger partial charge < -0.3 is 5.32 Å². The molecule has 6 nitrogen and oxygen atoms in total. The number of nitrogens with zero attached hydrogens (tertiary/aromatic N) is 2. The fraction of sp³-hybridized carbons (Fsp3) is 0.500. The molecular formula is C16H22N4O2S2. The molecule has 1 aliphatic heterocycles. The van der Waals surface area contributed by atoms with E-state index in [0.29, 0.717) is 13.1 Å². The molecule has 1 saturated heterocycles. The lowest BCUT2D eigenvalue weighted by Crippen LogP contribution is -2.44. The van der Waals surface area contributed by atoms with Crippen LogP contribution in [0.1, 0.15) is 24.3 Å². The first-order valence-corrected chi connectivity index (χ1v) is 10.6. The first-order chi connectivity index (χ1) is 11.6. The molecule has 0 saturated carbocycles. The molecule has 2 aromatic rings. The number of sulfonamides is 1. The minimum absolute atomic E-state index is 0.301. The van der Waals surface area contributed by atoms with Crippen LogP contribution in [-0.2, 0) is 16.4 Å². The van der Waals surface area contributed by atoms with Crippen molar-refractivity contribution in [3.05, 3.63) is 34.9 Å². The average molecular weight is 367 g/mol. The normalized spacial score (nSPS) is 18.6. The van der Waals surface area contributed by atoms with Gasteiger partial charge in [0.05, 0.1) is 16.0 Å². The third-order valence-electron chi connectivity index (χ3n) is 4.09. The van der Waals surface area contributed by atoms with Crippen molar-refractivity contribution in [3.63, 3.8) is 0 Å². The van der Waals surface area contributed by atoms with Crippen molar-refractivity contribution in [2.45, 2.75) is 30.9 Å². The van der Waals surface area contributed by atoms with Gasteiger partial charge in [-0.2, -0.15) is 0 Å². The first kappa shape index (κ1) is 17.5. The molecule has 1 atom stereocenters. The van der Waals surface area contributed by atoms with Crippen LogP contribution in [0.2, 0.25) is 0 Å². The van der Waals surface area contributed by atoms with E-state index in [1.54, 1.807) is 23.7 Å². The van der Waals surface area contributed by atoms with Gasteiger partial charge in [-0.1, -0.05) is 0 Å². The Morgan fingerprint density at radius 3 is 2.92 bits per heavy atom. The van der Waals surface area contributed by atoms with E-state index >= 15 is 0 Å². The lowest BCUT2D eigenvalue weighted by molar-refractivity contribution is 0.489. The Labute approximate surface area is 146 Å². The van der Waals surface area contributed by atoms with Crippen molar-refractivity contribution >= 4 is 21.4 Å². The Bertz CT molecular complexity index is 740. The maximum absolute atomic E-state index is 12.2. The van der Waals surface area contributed by atoms with E-state index in [1.807, 2.05) is 17.5 Å². The summed E-state index contributed by atoms with van der Waals surface area (Å²) in [5, 5.41) is 5.90. The van der Waals surface area contributed by atoms with Gasteiger partial charge in [0.2, 0.25) is 10.0 Å². The van der Waals surface area contributed by atoms with E-state index in [2.05, 4.69) is 20.0 Å². The summed E-state index contributed by atoms with van der Waals surface area (Å²) in [7, 11) is -3.21. The van der Waals surface area contributed by atoms with Crippen molar-refractivity contribution in [2.75, 3.05) is 19.6 Å². The molecule has 130 valence electrons. The summed E-state index contributed by atoms with van der Waals surface area (Å²) in [5.74, 6) is 0. The Balaban J connectivity index is 1.46. The van der Waals surface area contributed by atoms with E-state index in [-0.39, 0.29) is 5.25 Å². The van der Waals surface area contributed by atoms with Crippen LogP contribution in [0.4, 0.5) is 0 Å². The molecule has 0 aliphatic carbocycles. The fourth-order valence-corrected chi connectivity index (χ4v) is 5.07. The summed E-state index contributed by atoms with van der Waals surface area (Å²) < 4.78 is 27.2. The lowest BCUT2D eigenvalue weighted by Gasteiger charge is -2.22. The molecule has 1 unspecified atom stereocenters. The van der Waals surface area contributed by atoms with Gasteiger partial charge in [0.1, 0.15) is 0 Å². The van der Waals surface area contributed by atoms with Crippen molar-refractivity contribution < 1.29 is 8.42 Å². The smallest absolute Gasteiger partial charge is 0.215 e. The number of rotatable bonds is 7. The second-order valence-electron chi connectivity index (χ2n) is 5.87. The molecule has 0 radical (unpaired) electrons. The Morgan fingerprint density at radius 1 is 1.33 bits per heavy atom. The predicted molar refractivity (Wildman–Crippen MR) is 96.5 cm³/mol. The van der Waals surface area contributed by atoms with Crippen LogP contribution < -0.4 is 10.0 Å².